The fraction of sp³-hybridized carbons (Fsp3) is 0.526. The van der Waals surface area contributed by atoms with Crippen LogP contribution in [0.3, 0.4) is 0 Å². The van der Waals surface area contributed by atoms with Crippen molar-refractivity contribution in [1.82, 2.24) is 40.2 Å². The monoisotopic (exact) mass is 396 g/mol. The first-order valence-corrected chi connectivity index (χ1v) is 9.72. The fourth-order valence-corrected chi connectivity index (χ4v) is 3.22. The van der Waals surface area contributed by atoms with E-state index in [1.807, 2.05) is 43.9 Å². The first kappa shape index (κ1) is 19.2. The normalized spacial score (nSPS) is 15.6. The van der Waals surface area contributed by atoms with Crippen LogP contribution in [0.5, 0.6) is 0 Å². The largest absolute Gasteiger partial charge is 0.342 e. The number of pyridine rings is 1. The molecule has 0 spiro atoms. The van der Waals surface area contributed by atoms with Gasteiger partial charge in [0, 0.05) is 25.2 Å². The molecule has 0 atom stereocenters. The van der Waals surface area contributed by atoms with Crippen molar-refractivity contribution < 1.29 is 9.32 Å². The Balaban J connectivity index is 1.33. The van der Waals surface area contributed by atoms with Crippen LogP contribution in [-0.2, 0) is 16.8 Å². The molecule has 152 valence electrons. The Labute approximate surface area is 168 Å². The predicted molar refractivity (Wildman–Crippen MR) is 103 cm³/mol. The molecule has 4 rings (SSSR count). The number of aromatic nitrogens is 7. The summed E-state index contributed by atoms with van der Waals surface area (Å²) in [5.41, 5.74) is 0.427. The molecule has 1 saturated heterocycles. The highest BCUT2D eigenvalue weighted by atomic mass is 16.5. The van der Waals surface area contributed by atoms with Crippen molar-refractivity contribution in [2.45, 2.75) is 51.5 Å². The topological polar surface area (TPSA) is 116 Å². The van der Waals surface area contributed by atoms with E-state index in [1.165, 1.54) is 4.80 Å². The summed E-state index contributed by atoms with van der Waals surface area (Å²) in [4.78, 5) is 24.7. The zero-order valence-corrected chi connectivity index (χ0v) is 16.8. The summed E-state index contributed by atoms with van der Waals surface area (Å²) in [6, 6.07) is 5.58. The summed E-state index contributed by atoms with van der Waals surface area (Å²) >= 11 is 0. The van der Waals surface area contributed by atoms with Gasteiger partial charge in [0.2, 0.25) is 17.6 Å². The van der Waals surface area contributed by atoms with Gasteiger partial charge in [-0.05, 0) is 51.0 Å². The van der Waals surface area contributed by atoms with Crippen molar-refractivity contribution in [1.29, 1.82) is 0 Å². The number of carbonyl (C=O) groups excluding carboxylic acids is 1. The molecule has 0 radical (unpaired) electrons. The zero-order chi connectivity index (χ0) is 20.4. The Morgan fingerprint density at radius 3 is 2.69 bits per heavy atom. The number of rotatable bonds is 4. The van der Waals surface area contributed by atoms with Gasteiger partial charge in [-0.2, -0.15) is 9.78 Å². The summed E-state index contributed by atoms with van der Waals surface area (Å²) in [5.74, 6) is 1.70. The lowest BCUT2D eigenvalue weighted by Gasteiger charge is -2.30. The molecule has 0 unspecified atom stereocenters. The molecule has 0 aromatic carbocycles. The molecule has 10 nitrogen and oxygen atoms in total. The molecule has 4 heterocycles. The van der Waals surface area contributed by atoms with Crippen LogP contribution >= 0.6 is 0 Å². The predicted octanol–water partition coefficient (Wildman–Crippen LogP) is 1.82. The van der Waals surface area contributed by atoms with Crippen LogP contribution in [0.15, 0.2) is 28.9 Å². The Hall–Kier alpha value is -3.17. The first-order chi connectivity index (χ1) is 13.9. The number of hydrogen-bond donors (Lipinski definition) is 0. The van der Waals surface area contributed by atoms with Crippen LogP contribution in [0.2, 0.25) is 0 Å². The molecular weight excluding hydrogens is 372 g/mol. The third-order valence-corrected chi connectivity index (χ3v) is 4.90. The van der Waals surface area contributed by atoms with Crippen LogP contribution in [-0.4, -0.2) is 59.2 Å². The summed E-state index contributed by atoms with van der Waals surface area (Å²) in [7, 11) is 0. The molecule has 1 aliphatic heterocycles. The lowest BCUT2D eigenvalue weighted by Crippen LogP contribution is -2.39. The highest BCUT2D eigenvalue weighted by Crippen LogP contribution is 2.28. The number of likely N-dealkylation sites (tertiary alicyclic amines) is 1. The van der Waals surface area contributed by atoms with Crippen LogP contribution in [0.25, 0.3) is 11.5 Å². The third kappa shape index (κ3) is 4.30. The van der Waals surface area contributed by atoms with E-state index in [9.17, 15) is 4.79 Å². The van der Waals surface area contributed by atoms with Crippen molar-refractivity contribution in [3.05, 3.63) is 36.1 Å². The molecule has 0 aliphatic carbocycles. The highest BCUT2D eigenvalue weighted by Gasteiger charge is 2.28. The van der Waals surface area contributed by atoms with Crippen molar-refractivity contribution in [3.8, 4) is 11.5 Å². The average Bonchev–Trinajstić information content (AvgIpc) is 3.38. The quantitative estimate of drug-likeness (QED) is 0.656. The van der Waals surface area contributed by atoms with Gasteiger partial charge >= 0.3 is 0 Å². The fourth-order valence-electron chi connectivity index (χ4n) is 3.22. The number of nitrogens with zero attached hydrogens (tertiary/aromatic N) is 8. The SMILES string of the molecule is CC(C)(C)n1nnc(CC(=O)N2CCC(c3nc(-c4ccccn4)no3)CC2)n1. The summed E-state index contributed by atoms with van der Waals surface area (Å²) < 4.78 is 5.45. The van der Waals surface area contributed by atoms with Crippen LogP contribution in [0.4, 0.5) is 0 Å². The van der Waals surface area contributed by atoms with Crippen molar-refractivity contribution in [3.63, 3.8) is 0 Å². The number of tetrazole rings is 1. The number of carbonyl (C=O) groups is 1. The van der Waals surface area contributed by atoms with Gasteiger partial charge in [0.1, 0.15) is 5.69 Å². The number of hydrogen-bond acceptors (Lipinski definition) is 8. The molecule has 0 saturated carbocycles. The van der Waals surface area contributed by atoms with Crippen molar-refractivity contribution in [2.24, 2.45) is 0 Å². The van der Waals surface area contributed by atoms with Crippen LogP contribution < -0.4 is 0 Å². The van der Waals surface area contributed by atoms with Gasteiger partial charge in [-0.25, -0.2) is 0 Å². The Morgan fingerprint density at radius 2 is 2.03 bits per heavy atom. The van der Waals surface area contributed by atoms with E-state index in [0.29, 0.717) is 36.3 Å². The summed E-state index contributed by atoms with van der Waals surface area (Å²) in [5, 5.41) is 16.4. The minimum absolute atomic E-state index is 0.0108. The van der Waals surface area contributed by atoms with Gasteiger partial charge in [0.15, 0.2) is 5.82 Å². The molecule has 29 heavy (non-hydrogen) atoms. The molecule has 1 fully saturated rings. The van der Waals surface area contributed by atoms with Crippen LogP contribution in [0.1, 0.15) is 51.2 Å². The number of piperidine rings is 1. The van der Waals surface area contributed by atoms with E-state index in [1.54, 1.807) is 6.20 Å². The van der Waals surface area contributed by atoms with Gasteiger partial charge in [0.25, 0.3) is 0 Å². The Kier molecular flexibility index (Phi) is 5.08. The molecule has 1 aliphatic rings. The lowest BCUT2D eigenvalue weighted by molar-refractivity contribution is -0.131. The van der Waals surface area contributed by atoms with E-state index >= 15 is 0 Å². The van der Waals surface area contributed by atoms with Gasteiger partial charge < -0.3 is 9.42 Å². The molecular formula is C19H24N8O2. The molecule has 0 bridgehead atoms. The van der Waals surface area contributed by atoms with Gasteiger partial charge in [-0.3, -0.25) is 9.78 Å². The molecule has 10 heteroatoms. The minimum atomic E-state index is -0.259. The van der Waals surface area contributed by atoms with Gasteiger partial charge in [-0.15, -0.1) is 10.2 Å². The van der Waals surface area contributed by atoms with Crippen molar-refractivity contribution >= 4 is 5.91 Å². The Morgan fingerprint density at radius 1 is 1.24 bits per heavy atom. The minimum Gasteiger partial charge on any atom is -0.342 e. The van der Waals surface area contributed by atoms with E-state index < -0.39 is 0 Å². The van der Waals surface area contributed by atoms with E-state index in [2.05, 4.69) is 30.5 Å². The second kappa shape index (κ2) is 7.69. The zero-order valence-electron chi connectivity index (χ0n) is 16.8. The Bertz CT molecular complexity index is 968. The van der Waals surface area contributed by atoms with Crippen LogP contribution in [0, 0.1) is 0 Å². The molecule has 0 N–H and O–H groups in total. The molecule has 1 amide bonds. The van der Waals surface area contributed by atoms with Gasteiger partial charge in [0.05, 0.1) is 12.0 Å². The summed E-state index contributed by atoms with van der Waals surface area (Å²) in [6.07, 6.45) is 3.41. The first-order valence-electron chi connectivity index (χ1n) is 9.72. The summed E-state index contributed by atoms with van der Waals surface area (Å²) in [6.45, 7) is 7.24. The maximum Gasteiger partial charge on any atom is 0.230 e. The standard InChI is InChI=1S/C19H24N8O2/c1-19(2,3)27-23-15(22-25-27)12-16(28)26-10-7-13(8-11-26)18-21-17(24-29-18)14-6-4-5-9-20-14/h4-6,9,13H,7-8,10-12H2,1-3H3. The maximum absolute atomic E-state index is 12.6. The second-order valence-corrected chi connectivity index (χ2v) is 8.17. The average molecular weight is 396 g/mol. The third-order valence-electron chi connectivity index (χ3n) is 4.90. The van der Waals surface area contributed by atoms with Gasteiger partial charge in [-0.1, -0.05) is 11.2 Å². The smallest absolute Gasteiger partial charge is 0.230 e. The maximum atomic E-state index is 12.6. The van der Waals surface area contributed by atoms with Crippen molar-refractivity contribution in [2.75, 3.05) is 13.1 Å². The second-order valence-electron chi connectivity index (χ2n) is 8.17. The number of amides is 1. The van der Waals surface area contributed by atoms with E-state index in [0.717, 1.165) is 12.8 Å². The van der Waals surface area contributed by atoms with E-state index in [-0.39, 0.29) is 23.8 Å². The molecule has 3 aromatic rings. The lowest BCUT2D eigenvalue weighted by atomic mass is 9.96. The highest BCUT2D eigenvalue weighted by molar-refractivity contribution is 5.78. The van der Waals surface area contributed by atoms with E-state index in [4.69, 9.17) is 4.52 Å². The molecule has 3 aromatic heterocycles.